The first-order chi connectivity index (χ1) is 14.1. The number of hydrogen-bond acceptors (Lipinski definition) is 6. The molecule has 10 heteroatoms. The predicted octanol–water partition coefficient (Wildman–Crippen LogP) is 0.372. The lowest BCUT2D eigenvalue weighted by atomic mass is 10.2. The Morgan fingerprint density at radius 3 is 2.72 bits per heavy atom. The van der Waals surface area contributed by atoms with Crippen molar-refractivity contribution in [2.45, 2.75) is 19.5 Å². The summed E-state index contributed by atoms with van der Waals surface area (Å²) in [4.78, 5) is 45.0. The maximum absolute atomic E-state index is 12.5. The smallest absolute Gasteiger partial charge is 0.273 e. The summed E-state index contributed by atoms with van der Waals surface area (Å²) in [5, 5.41) is 10.0. The van der Waals surface area contributed by atoms with E-state index in [0.29, 0.717) is 16.6 Å². The molecular formula is C19H17N7O3. The van der Waals surface area contributed by atoms with Crippen molar-refractivity contribution in [1.82, 2.24) is 34.8 Å². The number of rotatable bonds is 6. The molecule has 10 nitrogen and oxygen atoms in total. The van der Waals surface area contributed by atoms with Gasteiger partial charge in [-0.15, -0.1) is 0 Å². The number of pyridine rings is 1. The first-order valence-corrected chi connectivity index (χ1v) is 8.91. The van der Waals surface area contributed by atoms with Gasteiger partial charge in [-0.2, -0.15) is 5.10 Å². The van der Waals surface area contributed by atoms with Crippen molar-refractivity contribution in [1.29, 1.82) is 0 Å². The summed E-state index contributed by atoms with van der Waals surface area (Å²) < 4.78 is 2.68. The second-order valence-corrected chi connectivity index (χ2v) is 6.30. The molecule has 0 saturated heterocycles. The van der Waals surface area contributed by atoms with Gasteiger partial charge in [-0.05, 0) is 18.2 Å². The van der Waals surface area contributed by atoms with Crippen molar-refractivity contribution < 1.29 is 4.79 Å². The van der Waals surface area contributed by atoms with E-state index < -0.39 is 0 Å². The highest BCUT2D eigenvalue weighted by molar-refractivity contribution is 5.80. The van der Waals surface area contributed by atoms with Gasteiger partial charge < -0.3 is 5.32 Å². The molecule has 0 spiro atoms. The van der Waals surface area contributed by atoms with Crippen LogP contribution in [0.25, 0.3) is 16.6 Å². The third-order valence-electron chi connectivity index (χ3n) is 4.43. The van der Waals surface area contributed by atoms with Gasteiger partial charge in [0.25, 0.3) is 11.1 Å². The van der Waals surface area contributed by atoms with Crippen LogP contribution in [-0.4, -0.2) is 35.4 Å². The van der Waals surface area contributed by atoms with E-state index in [1.165, 1.54) is 17.3 Å². The average Bonchev–Trinajstić information content (AvgIpc) is 3.29. The molecule has 0 atom stereocenters. The van der Waals surface area contributed by atoms with Crippen molar-refractivity contribution in [3.63, 3.8) is 0 Å². The molecule has 0 fully saturated rings. The Bertz CT molecular complexity index is 1270. The van der Waals surface area contributed by atoms with E-state index in [2.05, 4.69) is 25.5 Å². The van der Waals surface area contributed by atoms with Crippen molar-refractivity contribution in [2.24, 2.45) is 0 Å². The fraction of sp³-hybridized carbons (Fsp3) is 0.158. The monoisotopic (exact) mass is 391 g/mol. The van der Waals surface area contributed by atoms with E-state index in [1.807, 2.05) is 6.07 Å². The van der Waals surface area contributed by atoms with E-state index in [1.54, 1.807) is 36.5 Å². The molecule has 0 unspecified atom stereocenters. The number of aromatic nitrogens is 6. The van der Waals surface area contributed by atoms with Crippen LogP contribution in [0, 0.1) is 0 Å². The Morgan fingerprint density at radius 2 is 1.93 bits per heavy atom. The van der Waals surface area contributed by atoms with Crippen molar-refractivity contribution in [3.8, 4) is 5.82 Å². The van der Waals surface area contributed by atoms with Crippen molar-refractivity contribution in [2.75, 3.05) is 0 Å². The van der Waals surface area contributed by atoms with Crippen LogP contribution in [0.1, 0.15) is 12.0 Å². The third kappa shape index (κ3) is 3.81. The molecule has 4 aromatic rings. The maximum atomic E-state index is 12.5. The minimum absolute atomic E-state index is 0.0348. The Hall–Kier alpha value is -4.08. The molecule has 0 aliphatic carbocycles. The number of nitrogens with zero attached hydrogens (tertiary/aromatic N) is 5. The lowest BCUT2D eigenvalue weighted by molar-refractivity contribution is -0.121. The fourth-order valence-corrected chi connectivity index (χ4v) is 2.99. The number of H-pyrrole nitrogens is 1. The van der Waals surface area contributed by atoms with Crippen LogP contribution in [-0.2, 0) is 17.9 Å². The quantitative estimate of drug-likeness (QED) is 0.489. The zero-order chi connectivity index (χ0) is 20.2. The summed E-state index contributed by atoms with van der Waals surface area (Å²) in [7, 11) is 0. The number of nitrogens with one attached hydrogen (secondary N) is 2. The molecule has 0 bridgehead atoms. The highest BCUT2D eigenvalue weighted by Crippen LogP contribution is 2.09. The summed E-state index contributed by atoms with van der Waals surface area (Å²) >= 11 is 0. The van der Waals surface area contributed by atoms with E-state index >= 15 is 0 Å². The lowest BCUT2D eigenvalue weighted by Crippen LogP contribution is -2.32. The summed E-state index contributed by atoms with van der Waals surface area (Å²) in [6, 6.07) is 10.2. The molecule has 0 saturated carbocycles. The van der Waals surface area contributed by atoms with Crippen LogP contribution in [0.2, 0.25) is 0 Å². The minimum Gasteiger partial charge on any atom is -0.352 e. The Balaban J connectivity index is 1.43. The maximum Gasteiger partial charge on any atom is 0.273 e. The topological polar surface area (TPSA) is 128 Å². The Morgan fingerprint density at radius 1 is 1.10 bits per heavy atom. The number of carbonyl (C=O) groups is 1. The van der Waals surface area contributed by atoms with Gasteiger partial charge in [0.05, 0.1) is 17.3 Å². The van der Waals surface area contributed by atoms with Gasteiger partial charge in [0.15, 0.2) is 5.82 Å². The number of carbonyl (C=O) groups excluding carboxylic acids is 1. The van der Waals surface area contributed by atoms with Gasteiger partial charge in [-0.25, -0.2) is 19.3 Å². The third-order valence-corrected chi connectivity index (χ3v) is 4.43. The molecule has 3 aromatic heterocycles. The fourth-order valence-electron chi connectivity index (χ4n) is 2.99. The highest BCUT2D eigenvalue weighted by Gasteiger charge is 2.10. The summed E-state index contributed by atoms with van der Waals surface area (Å²) in [5.74, 6) is 0.305. The molecule has 0 radical (unpaired) electrons. The second-order valence-electron chi connectivity index (χ2n) is 6.30. The van der Waals surface area contributed by atoms with Gasteiger partial charge in [-0.1, -0.05) is 18.2 Å². The molecule has 1 aromatic carbocycles. The molecule has 3 heterocycles. The highest BCUT2D eigenvalue weighted by atomic mass is 16.2. The number of aromatic amines is 1. The van der Waals surface area contributed by atoms with E-state index in [-0.39, 0.29) is 36.5 Å². The molecule has 29 heavy (non-hydrogen) atoms. The SMILES string of the molecule is O=C(CCn1[nH]c(=O)c2ccccc2c1=O)NCc1cccnc1-n1cncn1. The van der Waals surface area contributed by atoms with Gasteiger partial charge >= 0.3 is 0 Å². The van der Waals surface area contributed by atoms with Crippen LogP contribution >= 0.6 is 0 Å². The number of amides is 1. The van der Waals surface area contributed by atoms with Crippen LogP contribution in [0.15, 0.2) is 64.8 Å². The van der Waals surface area contributed by atoms with Gasteiger partial charge in [0, 0.05) is 24.7 Å². The first kappa shape index (κ1) is 18.3. The standard InChI is InChI=1S/C19H17N7O3/c27-16(22-10-13-4-3-8-21-17(13)26-12-20-11-23-26)7-9-25-19(29)15-6-2-1-5-14(15)18(28)24-25/h1-6,8,11-12H,7,9-10H2,(H,22,27)(H,24,28). The minimum atomic E-state index is -0.367. The van der Waals surface area contributed by atoms with Crippen LogP contribution < -0.4 is 16.4 Å². The zero-order valence-corrected chi connectivity index (χ0v) is 15.3. The number of fused-ring (bicyclic) bond motifs is 1. The summed E-state index contributed by atoms with van der Waals surface area (Å²) in [6.45, 7) is 0.304. The van der Waals surface area contributed by atoms with Crippen molar-refractivity contribution >= 4 is 16.7 Å². The number of aryl methyl sites for hydroxylation is 1. The molecule has 2 N–H and O–H groups in total. The van der Waals surface area contributed by atoms with Crippen molar-refractivity contribution in [3.05, 3.63) is 81.5 Å². The molecule has 4 rings (SSSR count). The Labute approximate surface area is 163 Å². The molecular weight excluding hydrogens is 374 g/mol. The normalized spacial score (nSPS) is 10.9. The largest absolute Gasteiger partial charge is 0.352 e. The molecule has 0 aliphatic heterocycles. The first-order valence-electron chi connectivity index (χ1n) is 8.91. The van der Waals surface area contributed by atoms with E-state index in [0.717, 1.165) is 10.2 Å². The molecule has 0 aliphatic rings. The predicted molar refractivity (Wildman–Crippen MR) is 104 cm³/mol. The summed E-state index contributed by atoms with van der Waals surface area (Å²) in [6.07, 6.45) is 4.59. The van der Waals surface area contributed by atoms with E-state index in [9.17, 15) is 14.4 Å². The average molecular weight is 391 g/mol. The number of benzene rings is 1. The van der Waals surface area contributed by atoms with Crippen LogP contribution in [0.4, 0.5) is 0 Å². The Kier molecular flexibility index (Phi) is 4.97. The lowest BCUT2D eigenvalue weighted by Gasteiger charge is -2.10. The van der Waals surface area contributed by atoms with Gasteiger partial charge in [-0.3, -0.25) is 19.5 Å². The van der Waals surface area contributed by atoms with Crippen LogP contribution in [0.3, 0.4) is 0 Å². The second kappa shape index (κ2) is 7.89. The zero-order valence-electron chi connectivity index (χ0n) is 15.3. The van der Waals surface area contributed by atoms with E-state index in [4.69, 9.17) is 0 Å². The summed E-state index contributed by atoms with van der Waals surface area (Å²) in [5.41, 5.74) is 0.0600. The van der Waals surface area contributed by atoms with Gasteiger partial charge in [0.2, 0.25) is 5.91 Å². The van der Waals surface area contributed by atoms with Crippen LogP contribution in [0.5, 0.6) is 0 Å². The molecule has 1 amide bonds. The number of hydrogen-bond donors (Lipinski definition) is 2. The molecule has 146 valence electrons. The van der Waals surface area contributed by atoms with Gasteiger partial charge in [0.1, 0.15) is 12.7 Å².